The van der Waals surface area contributed by atoms with Gasteiger partial charge in [0.1, 0.15) is 5.82 Å². The van der Waals surface area contributed by atoms with E-state index in [1.54, 1.807) is 0 Å². The average molecular weight is 263 g/mol. The lowest BCUT2D eigenvalue weighted by molar-refractivity contribution is 0.193. The summed E-state index contributed by atoms with van der Waals surface area (Å²) in [7, 11) is 2.13. The molecule has 4 heteroatoms. The Morgan fingerprint density at radius 2 is 2.26 bits per heavy atom. The lowest BCUT2D eigenvalue weighted by atomic mass is 10.1. The number of hydrogen-bond acceptors (Lipinski definition) is 4. The van der Waals surface area contributed by atoms with E-state index >= 15 is 0 Å². The number of pyridine rings is 1. The molecule has 1 fully saturated rings. The standard InChI is InChI=1S/C15H25N3O/c1-5-16-9-14-11(2)8-12(3)17-15(14)18(4)13-6-7-19-10-13/h8,13,16H,5-7,9-10H2,1-4H3. The molecule has 0 bridgehead atoms. The summed E-state index contributed by atoms with van der Waals surface area (Å²) in [4.78, 5) is 7.05. The number of anilines is 1. The average Bonchev–Trinajstić information content (AvgIpc) is 2.90. The number of aryl methyl sites for hydroxylation is 2. The molecule has 1 unspecified atom stereocenters. The van der Waals surface area contributed by atoms with Crippen LogP contribution in [0.25, 0.3) is 0 Å². The highest BCUT2D eigenvalue weighted by Gasteiger charge is 2.23. The van der Waals surface area contributed by atoms with E-state index in [2.05, 4.69) is 44.1 Å². The number of nitrogens with one attached hydrogen (secondary N) is 1. The molecule has 0 aliphatic carbocycles. The number of aromatic nitrogens is 1. The first-order chi connectivity index (χ1) is 9.13. The maximum absolute atomic E-state index is 5.50. The van der Waals surface area contributed by atoms with Gasteiger partial charge in [-0.1, -0.05) is 6.92 Å². The molecule has 0 radical (unpaired) electrons. The van der Waals surface area contributed by atoms with Crippen LogP contribution in [0.2, 0.25) is 0 Å². The minimum Gasteiger partial charge on any atom is -0.379 e. The summed E-state index contributed by atoms with van der Waals surface area (Å²) in [6, 6.07) is 2.61. The largest absolute Gasteiger partial charge is 0.379 e. The molecule has 1 aromatic rings. The second-order valence-electron chi connectivity index (χ2n) is 5.29. The third-order valence-corrected chi connectivity index (χ3v) is 3.79. The number of rotatable bonds is 5. The van der Waals surface area contributed by atoms with E-state index in [1.807, 2.05) is 0 Å². The third kappa shape index (κ3) is 3.25. The molecule has 2 rings (SSSR count). The fourth-order valence-electron chi connectivity index (χ4n) is 2.60. The topological polar surface area (TPSA) is 37.4 Å². The second kappa shape index (κ2) is 6.35. The quantitative estimate of drug-likeness (QED) is 0.882. The van der Waals surface area contributed by atoms with Crippen molar-refractivity contribution in [1.82, 2.24) is 10.3 Å². The van der Waals surface area contributed by atoms with Crippen molar-refractivity contribution in [2.24, 2.45) is 0 Å². The summed E-state index contributed by atoms with van der Waals surface area (Å²) in [5.74, 6) is 1.11. The number of ether oxygens (including phenoxy) is 1. The van der Waals surface area contributed by atoms with Gasteiger partial charge in [0.2, 0.25) is 0 Å². The fourth-order valence-corrected chi connectivity index (χ4v) is 2.60. The van der Waals surface area contributed by atoms with Crippen LogP contribution in [-0.4, -0.2) is 37.8 Å². The number of likely N-dealkylation sites (N-methyl/N-ethyl adjacent to an activating group) is 1. The Balaban J connectivity index is 2.30. The SMILES string of the molecule is CCNCc1c(C)cc(C)nc1N(C)C1CCOC1. The Morgan fingerprint density at radius 1 is 1.47 bits per heavy atom. The van der Waals surface area contributed by atoms with Gasteiger partial charge in [0, 0.05) is 31.5 Å². The van der Waals surface area contributed by atoms with E-state index in [9.17, 15) is 0 Å². The molecule has 0 saturated carbocycles. The van der Waals surface area contributed by atoms with Gasteiger partial charge < -0.3 is 15.0 Å². The smallest absolute Gasteiger partial charge is 0.133 e. The van der Waals surface area contributed by atoms with Crippen LogP contribution in [-0.2, 0) is 11.3 Å². The molecule has 1 N–H and O–H groups in total. The van der Waals surface area contributed by atoms with Gasteiger partial charge >= 0.3 is 0 Å². The van der Waals surface area contributed by atoms with Crippen LogP contribution in [0, 0.1) is 13.8 Å². The van der Waals surface area contributed by atoms with Gasteiger partial charge in [-0.15, -0.1) is 0 Å². The van der Waals surface area contributed by atoms with Crippen molar-refractivity contribution >= 4 is 5.82 Å². The van der Waals surface area contributed by atoms with E-state index < -0.39 is 0 Å². The maximum Gasteiger partial charge on any atom is 0.133 e. The molecule has 1 saturated heterocycles. The summed E-state index contributed by atoms with van der Waals surface area (Å²) in [5.41, 5.74) is 3.70. The van der Waals surface area contributed by atoms with Crippen molar-refractivity contribution in [2.75, 3.05) is 31.7 Å². The summed E-state index contributed by atoms with van der Waals surface area (Å²) in [6.45, 7) is 9.89. The molecule has 1 aromatic heterocycles. The summed E-state index contributed by atoms with van der Waals surface area (Å²) < 4.78 is 5.50. The van der Waals surface area contributed by atoms with Gasteiger partial charge in [0.15, 0.2) is 0 Å². The molecule has 1 aliphatic rings. The normalized spacial score (nSPS) is 18.8. The predicted molar refractivity (Wildman–Crippen MR) is 78.7 cm³/mol. The van der Waals surface area contributed by atoms with Crippen LogP contribution in [0.3, 0.4) is 0 Å². The van der Waals surface area contributed by atoms with Crippen LogP contribution in [0.5, 0.6) is 0 Å². The zero-order chi connectivity index (χ0) is 13.8. The van der Waals surface area contributed by atoms with Crippen LogP contribution >= 0.6 is 0 Å². The molecular formula is C15H25N3O. The second-order valence-corrected chi connectivity index (χ2v) is 5.29. The molecule has 0 spiro atoms. The highest BCUT2D eigenvalue weighted by atomic mass is 16.5. The Morgan fingerprint density at radius 3 is 2.89 bits per heavy atom. The van der Waals surface area contributed by atoms with Gasteiger partial charge in [-0.3, -0.25) is 0 Å². The molecule has 1 aliphatic heterocycles. The molecule has 0 aromatic carbocycles. The Labute approximate surface area is 116 Å². The summed E-state index contributed by atoms with van der Waals surface area (Å²) in [6.07, 6.45) is 1.09. The highest BCUT2D eigenvalue weighted by Crippen LogP contribution is 2.25. The minimum absolute atomic E-state index is 0.453. The van der Waals surface area contributed by atoms with Crippen LogP contribution in [0.15, 0.2) is 6.07 Å². The molecule has 4 nitrogen and oxygen atoms in total. The van der Waals surface area contributed by atoms with Gasteiger partial charge in [0.05, 0.1) is 12.6 Å². The maximum atomic E-state index is 5.50. The lowest BCUT2D eigenvalue weighted by Gasteiger charge is -2.28. The predicted octanol–water partition coefficient (Wildman–Crippen LogP) is 2.03. The van der Waals surface area contributed by atoms with Crippen LogP contribution in [0.1, 0.15) is 30.2 Å². The Kier molecular flexibility index (Phi) is 4.77. The van der Waals surface area contributed by atoms with E-state index in [0.29, 0.717) is 6.04 Å². The van der Waals surface area contributed by atoms with Gasteiger partial charge in [-0.05, 0) is 38.4 Å². The highest BCUT2D eigenvalue weighted by molar-refractivity contribution is 5.52. The van der Waals surface area contributed by atoms with Crippen molar-refractivity contribution in [3.05, 3.63) is 22.9 Å². The first-order valence-electron chi connectivity index (χ1n) is 7.12. The van der Waals surface area contributed by atoms with Gasteiger partial charge in [-0.2, -0.15) is 0 Å². The van der Waals surface area contributed by atoms with E-state index in [-0.39, 0.29) is 0 Å². The van der Waals surface area contributed by atoms with Crippen LogP contribution in [0.4, 0.5) is 5.82 Å². The van der Waals surface area contributed by atoms with Crippen molar-refractivity contribution in [3.63, 3.8) is 0 Å². The molecule has 19 heavy (non-hydrogen) atoms. The van der Waals surface area contributed by atoms with E-state index in [4.69, 9.17) is 9.72 Å². The van der Waals surface area contributed by atoms with Crippen molar-refractivity contribution < 1.29 is 4.74 Å². The van der Waals surface area contributed by atoms with Crippen molar-refractivity contribution in [2.45, 2.75) is 39.8 Å². The molecule has 0 amide bonds. The van der Waals surface area contributed by atoms with Crippen molar-refractivity contribution in [3.8, 4) is 0 Å². The van der Waals surface area contributed by atoms with Crippen molar-refractivity contribution in [1.29, 1.82) is 0 Å². The number of hydrogen-bond donors (Lipinski definition) is 1. The van der Waals surface area contributed by atoms with Crippen LogP contribution < -0.4 is 10.2 Å². The zero-order valence-electron chi connectivity index (χ0n) is 12.5. The first kappa shape index (κ1) is 14.3. The third-order valence-electron chi connectivity index (χ3n) is 3.79. The Hall–Kier alpha value is -1.13. The number of nitrogens with zero attached hydrogens (tertiary/aromatic N) is 2. The monoisotopic (exact) mass is 263 g/mol. The zero-order valence-corrected chi connectivity index (χ0v) is 12.5. The Bertz CT molecular complexity index is 428. The molecular weight excluding hydrogens is 238 g/mol. The summed E-state index contributed by atoms with van der Waals surface area (Å²) in [5, 5.41) is 3.41. The fraction of sp³-hybridized carbons (Fsp3) is 0.667. The van der Waals surface area contributed by atoms with Gasteiger partial charge in [0.25, 0.3) is 0 Å². The minimum atomic E-state index is 0.453. The molecule has 2 heterocycles. The molecule has 1 atom stereocenters. The van der Waals surface area contributed by atoms with E-state index in [1.165, 1.54) is 11.1 Å². The van der Waals surface area contributed by atoms with E-state index in [0.717, 1.165) is 44.2 Å². The first-order valence-corrected chi connectivity index (χ1v) is 7.12. The van der Waals surface area contributed by atoms with Gasteiger partial charge in [-0.25, -0.2) is 4.98 Å². The lowest BCUT2D eigenvalue weighted by Crippen LogP contribution is -2.34. The summed E-state index contributed by atoms with van der Waals surface area (Å²) >= 11 is 0. The molecule has 106 valence electrons.